The molecule has 1 saturated carbocycles. The van der Waals surface area contributed by atoms with Gasteiger partial charge in [0.1, 0.15) is 0 Å². The van der Waals surface area contributed by atoms with Crippen LogP contribution in [0.15, 0.2) is 0 Å². The van der Waals surface area contributed by atoms with E-state index in [4.69, 9.17) is 4.74 Å². The molecule has 0 aromatic heterocycles. The fourth-order valence-corrected chi connectivity index (χ4v) is 2.57. The predicted octanol–water partition coefficient (Wildman–Crippen LogP) is 1.49. The predicted molar refractivity (Wildman–Crippen MR) is 66.7 cm³/mol. The number of hydrogen-bond donors (Lipinski definition) is 1. The minimum Gasteiger partial charge on any atom is -0.383 e. The van der Waals surface area contributed by atoms with Crippen LogP contribution in [0, 0.1) is 5.92 Å². The Kier molecular flexibility index (Phi) is 4.62. The molecule has 2 fully saturated rings. The molecule has 0 amide bonds. The van der Waals surface area contributed by atoms with E-state index in [1.54, 1.807) is 7.11 Å². The van der Waals surface area contributed by atoms with Gasteiger partial charge in [-0.1, -0.05) is 0 Å². The highest BCUT2D eigenvalue weighted by molar-refractivity contribution is 4.83. The normalized spacial score (nSPS) is 25.9. The van der Waals surface area contributed by atoms with Crippen molar-refractivity contribution in [2.75, 3.05) is 33.4 Å². The molecule has 1 saturated heterocycles. The van der Waals surface area contributed by atoms with E-state index in [1.165, 1.54) is 45.3 Å². The Balaban J connectivity index is 1.61. The third-order valence-electron chi connectivity index (χ3n) is 3.95. The smallest absolute Gasteiger partial charge is 0.0615 e. The van der Waals surface area contributed by atoms with Gasteiger partial charge in [-0.3, -0.25) is 4.90 Å². The number of nitrogens with zero attached hydrogens (tertiary/aromatic N) is 1. The maximum Gasteiger partial charge on any atom is 0.0615 e. The third kappa shape index (κ3) is 3.72. The summed E-state index contributed by atoms with van der Waals surface area (Å²) in [6.45, 7) is 6.89. The Morgan fingerprint density at radius 2 is 1.94 bits per heavy atom. The van der Waals surface area contributed by atoms with Gasteiger partial charge in [-0.25, -0.2) is 0 Å². The van der Waals surface area contributed by atoms with Gasteiger partial charge in [0.2, 0.25) is 0 Å². The monoisotopic (exact) mass is 226 g/mol. The largest absolute Gasteiger partial charge is 0.383 e. The molecule has 1 aliphatic carbocycles. The minimum absolute atomic E-state index is 0.586. The maximum atomic E-state index is 5.22. The van der Waals surface area contributed by atoms with Crippen LogP contribution in [0.4, 0.5) is 0 Å². The number of ether oxygens (including phenoxy) is 1. The number of nitrogens with one attached hydrogen (secondary N) is 1. The lowest BCUT2D eigenvalue weighted by Gasteiger charge is -2.35. The van der Waals surface area contributed by atoms with Crippen LogP contribution in [0.3, 0.4) is 0 Å². The van der Waals surface area contributed by atoms with Crippen molar-refractivity contribution in [3.05, 3.63) is 0 Å². The van der Waals surface area contributed by atoms with Crippen molar-refractivity contribution >= 4 is 0 Å². The van der Waals surface area contributed by atoms with E-state index in [0.717, 1.165) is 18.6 Å². The second kappa shape index (κ2) is 5.99. The van der Waals surface area contributed by atoms with Gasteiger partial charge >= 0.3 is 0 Å². The zero-order chi connectivity index (χ0) is 11.4. The summed E-state index contributed by atoms with van der Waals surface area (Å²) >= 11 is 0. The van der Waals surface area contributed by atoms with Crippen LogP contribution in [0.1, 0.15) is 32.6 Å². The highest BCUT2D eigenvalue weighted by Crippen LogP contribution is 2.22. The average molecular weight is 226 g/mol. The second-order valence-electron chi connectivity index (χ2n) is 5.47. The summed E-state index contributed by atoms with van der Waals surface area (Å²) < 4.78 is 5.22. The standard InChI is InChI=1S/C13H26N2O/c1-11(10-16-2)15-7-5-12(6-8-15)9-14-13-3-4-13/h11-14H,3-10H2,1-2H3. The van der Waals surface area contributed by atoms with Crippen LogP contribution in [-0.2, 0) is 4.74 Å². The van der Waals surface area contributed by atoms with Crippen LogP contribution in [0.25, 0.3) is 0 Å². The zero-order valence-corrected chi connectivity index (χ0v) is 10.7. The first-order valence-corrected chi connectivity index (χ1v) is 6.76. The topological polar surface area (TPSA) is 24.5 Å². The van der Waals surface area contributed by atoms with E-state index in [0.29, 0.717) is 6.04 Å². The number of hydrogen-bond acceptors (Lipinski definition) is 3. The molecule has 1 aliphatic heterocycles. The number of methoxy groups -OCH3 is 1. The lowest BCUT2D eigenvalue weighted by Crippen LogP contribution is -2.43. The van der Waals surface area contributed by atoms with Gasteiger partial charge in [0.05, 0.1) is 6.61 Å². The van der Waals surface area contributed by atoms with Crippen LogP contribution in [0.5, 0.6) is 0 Å². The van der Waals surface area contributed by atoms with Crippen LogP contribution in [-0.4, -0.2) is 50.3 Å². The molecule has 0 spiro atoms. The molecule has 1 atom stereocenters. The summed E-state index contributed by atoms with van der Waals surface area (Å²) in [6, 6.07) is 1.45. The highest BCUT2D eigenvalue weighted by atomic mass is 16.5. The molecular formula is C13H26N2O. The van der Waals surface area contributed by atoms with Gasteiger partial charge < -0.3 is 10.1 Å². The van der Waals surface area contributed by atoms with Crippen molar-refractivity contribution in [1.29, 1.82) is 0 Å². The van der Waals surface area contributed by atoms with E-state index in [-0.39, 0.29) is 0 Å². The molecule has 1 N–H and O–H groups in total. The van der Waals surface area contributed by atoms with Gasteiger partial charge in [-0.05, 0) is 58.2 Å². The van der Waals surface area contributed by atoms with Crippen molar-refractivity contribution in [1.82, 2.24) is 10.2 Å². The van der Waals surface area contributed by atoms with E-state index >= 15 is 0 Å². The Morgan fingerprint density at radius 3 is 2.50 bits per heavy atom. The Bertz CT molecular complexity index is 198. The number of likely N-dealkylation sites (tertiary alicyclic amines) is 1. The van der Waals surface area contributed by atoms with Crippen LogP contribution >= 0.6 is 0 Å². The number of rotatable bonds is 6. The fourth-order valence-electron chi connectivity index (χ4n) is 2.57. The first kappa shape index (κ1) is 12.3. The number of piperidine rings is 1. The zero-order valence-electron chi connectivity index (χ0n) is 10.7. The summed E-state index contributed by atoms with van der Waals surface area (Å²) in [5, 5.41) is 3.65. The summed E-state index contributed by atoms with van der Waals surface area (Å²) in [7, 11) is 1.79. The van der Waals surface area contributed by atoms with Crippen LogP contribution in [0.2, 0.25) is 0 Å². The lowest BCUT2D eigenvalue weighted by molar-refractivity contribution is 0.0734. The van der Waals surface area contributed by atoms with Gasteiger partial charge in [0.15, 0.2) is 0 Å². The van der Waals surface area contributed by atoms with Gasteiger partial charge in [-0.2, -0.15) is 0 Å². The Hall–Kier alpha value is -0.120. The molecule has 2 aliphatic rings. The van der Waals surface area contributed by atoms with E-state index in [2.05, 4.69) is 17.1 Å². The molecule has 0 aromatic rings. The molecule has 16 heavy (non-hydrogen) atoms. The first-order valence-electron chi connectivity index (χ1n) is 6.76. The van der Waals surface area contributed by atoms with Gasteiger partial charge in [-0.15, -0.1) is 0 Å². The van der Waals surface area contributed by atoms with Crippen molar-refractivity contribution < 1.29 is 4.74 Å². The minimum atomic E-state index is 0.586. The second-order valence-corrected chi connectivity index (χ2v) is 5.47. The molecule has 2 rings (SSSR count). The molecule has 94 valence electrons. The van der Waals surface area contributed by atoms with E-state index < -0.39 is 0 Å². The Labute approximate surface area is 99.5 Å². The quantitative estimate of drug-likeness (QED) is 0.742. The Morgan fingerprint density at radius 1 is 1.25 bits per heavy atom. The third-order valence-corrected chi connectivity index (χ3v) is 3.95. The molecule has 3 nitrogen and oxygen atoms in total. The van der Waals surface area contributed by atoms with Crippen LogP contribution < -0.4 is 5.32 Å². The molecule has 0 bridgehead atoms. The molecule has 0 radical (unpaired) electrons. The highest BCUT2D eigenvalue weighted by Gasteiger charge is 2.25. The summed E-state index contributed by atoms with van der Waals surface area (Å²) in [6.07, 6.45) is 5.52. The molecule has 1 unspecified atom stereocenters. The molecule has 1 heterocycles. The van der Waals surface area contributed by atoms with Crippen molar-refractivity contribution in [3.8, 4) is 0 Å². The van der Waals surface area contributed by atoms with Gasteiger partial charge in [0.25, 0.3) is 0 Å². The summed E-state index contributed by atoms with van der Waals surface area (Å²) in [5.41, 5.74) is 0. The van der Waals surface area contributed by atoms with Crippen molar-refractivity contribution in [2.45, 2.75) is 44.7 Å². The molecular weight excluding hydrogens is 200 g/mol. The first-order chi connectivity index (χ1) is 7.79. The van der Waals surface area contributed by atoms with E-state index in [9.17, 15) is 0 Å². The van der Waals surface area contributed by atoms with Crippen molar-refractivity contribution in [2.24, 2.45) is 5.92 Å². The average Bonchev–Trinajstić information content (AvgIpc) is 3.11. The van der Waals surface area contributed by atoms with Crippen molar-refractivity contribution in [3.63, 3.8) is 0 Å². The maximum absolute atomic E-state index is 5.22. The SMILES string of the molecule is COCC(C)N1CCC(CNC2CC2)CC1. The fraction of sp³-hybridized carbons (Fsp3) is 1.00. The molecule has 3 heteroatoms. The summed E-state index contributed by atoms with van der Waals surface area (Å²) in [5.74, 6) is 0.909. The van der Waals surface area contributed by atoms with Gasteiger partial charge in [0, 0.05) is 19.2 Å². The molecule has 0 aromatic carbocycles. The summed E-state index contributed by atoms with van der Waals surface area (Å²) in [4.78, 5) is 2.57. The van der Waals surface area contributed by atoms with E-state index in [1.807, 2.05) is 0 Å². The lowest BCUT2D eigenvalue weighted by atomic mass is 9.96.